The number of likely N-dealkylation sites (N-methyl/N-ethyl adjacent to an activating group) is 1. The van der Waals surface area contributed by atoms with Gasteiger partial charge in [-0.15, -0.1) is 0 Å². The average molecular weight is 491 g/mol. The van der Waals surface area contributed by atoms with E-state index in [4.69, 9.17) is 11.6 Å². The Balaban J connectivity index is 1.23. The highest BCUT2D eigenvalue weighted by Gasteiger charge is 2.29. The van der Waals surface area contributed by atoms with Crippen molar-refractivity contribution < 1.29 is 9.90 Å². The molecule has 1 saturated heterocycles. The van der Waals surface area contributed by atoms with E-state index in [0.29, 0.717) is 10.6 Å². The molecule has 9 heteroatoms. The van der Waals surface area contributed by atoms with Gasteiger partial charge < -0.3 is 25.2 Å². The van der Waals surface area contributed by atoms with Crippen LogP contribution in [0.25, 0.3) is 11.0 Å². The van der Waals surface area contributed by atoms with E-state index < -0.39 is 6.10 Å². The SMILES string of the molecule is CN(c1ccc(C(=O)NC[C@H](O)c2ccccc2)cc1Cl)[C@@H]1CCN(c2ncnc3[nH]ccc23)C1. The number of amides is 1. The first-order chi connectivity index (χ1) is 17.0. The molecular formula is C26H27ClN6O2. The van der Waals surface area contributed by atoms with Gasteiger partial charge in [-0.25, -0.2) is 9.97 Å². The van der Waals surface area contributed by atoms with E-state index in [9.17, 15) is 9.90 Å². The number of carbonyl (C=O) groups is 1. The molecule has 3 N–H and O–H groups in total. The summed E-state index contributed by atoms with van der Waals surface area (Å²) in [6, 6.07) is 16.8. The first kappa shape index (κ1) is 23.1. The Morgan fingerprint density at radius 1 is 1.26 bits per heavy atom. The predicted octanol–water partition coefficient (Wildman–Crippen LogP) is 3.79. The van der Waals surface area contributed by atoms with Crippen molar-refractivity contribution in [1.82, 2.24) is 20.3 Å². The topological polar surface area (TPSA) is 97.4 Å². The van der Waals surface area contributed by atoms with Gasteiger partial charge in [0.05, 0.1) is 22.2 Å². The zero-order valence-corrected chi connectivity index (χ0v) is 20.1. The van der Waals surface area contributed by atoms with Gasteiger partial charge in [-0.05, 0) is 36.2 Å². The Morgan fingerprint density at radius 2 is 2.09 bits per heavy atom. The van der Waals surface area contributed by atoms with E-state index >= 15 is 0 Å². The van der Waals surface area contributed by atoms with Crippen LogP contribution in [0.3, 0.4) is 0 Å². The van der Waals surface area contributed by atoms with Crippen molar-refractivity contribution in [1.29, 1.82) is 0 Å². The van der Waals surface area contributed by atoms with Crippen LogP contribution in [0.5, 0.6) is 0 Å². The molecule has 2 aromatic carbocycles. The maximum absolute atomic E-state index is 12.6. The van der Waals surface area contributed by atoms with Gasteiger partial charge in [-0.1, -0.05) is 41.9 Å². The van der Waals surface area contributed by atoms with Gasteiger partial charge in [-0.3, -0.25) is 4.79 Å². The maximum Gasteiger partial charge on any atom is 0.251 e. The molecule has 0 aliphatic carbocycles. The third-order valence-corrected chi connectivity index (χ3v) is 6.88. The molecule has 1 aliphatic rings. The molecule has 2 atom stereocenters. The summed E-state index contributed by atoms with van der Waals surface area (Å²) in [5.41, 5.74) is 2.91. The number of nitrogens with zero attached hydrogens (tertiary/aromatic N) is 4. The van der Waals surface area contributed by atoms with Crippen molar-refractivity contribution >= 4 is 40.0 Å². The van der Waals surface area contributed by atoms with Gasteiger partial charge in [0.1, 0.15) is 17.8 Å². The molecular weight excluding hydrogens is 464 g/mol. The summed E-state index contributed by atoms with van der Waals surface area (Å²) >= 11 is 6.61. The fourth-order valence-corrected chi connectivity index (χ4v) is 4.89. The Bertz CT molecular complexity index is 1330. The summed E-state index contributed by atoms with van der Waals surface area (Å²) < 4.78 is 0. The predicted molar refractivity (Wildman–Crippen MR) is 138 cm³/mol. The summed E-state index contributed by atoms with van der Waals surface area (Å²) in [5.74, 6) is 0.658. The minimum absolute atomic E-state index is 0.123. The van der Waals surface area contributed by atoms with Gasteiger partial charge in [0, 0.05) is 44.5 Å². The summed E-state index contributed by atoms with van der Waals surface area (Å²) in [6.45, 7) is 1.81. The highest BCUT2D eigenvalue weighted by Crippen LogP contribution is 2.32. The van der Waals surface area contributed by atoms with Crippen molar-refractivity contribution in [2.45, 2.75) is 18.6 Å². The van der Waals surface area contributed by atoms with Gasteiger partial charge in [0.2, 0.25) is 0 Å². The first-order valence-electron chi connectivity index (χ1n) is 11.6. The molecule has 2 aromatic heterocycles. The quantitative estimate of drug-likeness (QED) is 0.364. The second-order valence-electron chi connectivity index (χ2n) is 8.74. The molecule has 35 heavy (non-hydrogen) atoms. The molecule has 1 aliphatic heterocycles. The Hall–Kier alpha value is -3.62. The van der Waals surface area contributed by atoms with Crippen LogP contribution < -0.4 is 15.1 Å². The largest absolute Gasteiger partial charge is 0.387 e. The number of aromatic amines is 1. The molecule has 3 heterocycles. The van der Waals surface area contributed by atoms with Crippen molar-refractivity contribution in [3.8, 4) is 0 Å². The second kappa shape index (κ2) is 9.93. The van der Waals surface area contributed by atoms with E-state index in [1.807, 2.05) is 55.7 Å². The van der Waals surface area contributed by atoms with Crippen LogP contribution in [0.15, 0.2) is 67.1 Å². The molecule has 0 unspecified atom stereocenters. The van der Waals surface area contributed by atoms with Crippen molar-refractivity contribution in [3.63, 3.8) is 0 Å². The zero-order chi connectivity index (χ0) is 24.4. The lowest BCUT2D eigenvalue weighted by Gasteiger charge is -2.28. The smallest absolute Gasteiger partial charge is 0.251 e. The number of aliphatic hydroxyl groups is 1. The number of aliphatic hydroxyl groups excluding tert-OH is 1. The lowest BCUT2D eigenvalue weighted by molar-refractivity contribution is 0.0916. The number of fused-ring (bicyclic) bond motifs is 1. The Kier molecular flexibility index (Phi) is 6.57. The van der Waals surface area contributed by atoms with Gasteiger partial charge in [-0.2, -0.15) is 0 Å². The van der Waals surface area contributed by atoms with Crippen molar-refractivity contribution in [2.24, 2.45) is 0 Å². The second-order valence-corrected chi connectivity index (χ2v) is 9.15. The number of nitrogens with one attached hydrogen (secondary N) is 2. The minimum Gasteiger partial charge on any atom is -0.387 e. The molecule has 0 spiro atoms. The molecule has 180 valence electrons. The number of hydrogen-bond donors (Lipinski definition) is 3. The number of H-pyrrole nitrogens is 1. The standard InChI is InChI=1S/C26H27ClN6O2/c1-32(19-10-12-33(15-19)25-20-9-11-28-24(20)30-16-31-25)22-8-7-18(13-21(22)27)26(35)29-14-23(34)17-5-3-2-4-6-17/h2-9,11,13,16,19,23,34H,10,12,14-15H2,1H3,(H,29,35)(H,28,30,31)/t19-,23+/m1/s1. The summed E-state index contributed by atoms with van der Waals surface area (Å²) in [5, 5.41) is 14.6. The van der Waals surface area contributed by atoms with Crippen LogP contribution in [0, 0.1) is 0 Å². The molecule has 0 bridgehead atoms. The third-order valence-electron chi connectivity index (χ3n) is 6.57. The molecule has 5 rings (SSSR count). The normalized spacial score (nSPS) is 16.4. The highest BCUT2D eigenvalue weighted by molar-refractivity contribution is 6.33. The Morgan fingerprint density at radius 3 is 2.89 bits per heavy atom. The first-order valence-corrected chi connectivity index (χ1v) is 12.0. The molecule has 1 amide bonds. The number of benzene rings is 2. The molecule has 4 aromatic rings. The van der Waals surface area contributed by atoms with E-state index in [2.05, 4.69) is 30.1 Å². The number of hydrogen-bond acceptors (Lipinski definition) is 6. The number of anilines is 2. The number of halogens is 1. The summed E-state index contributed by atoms with van der Waals surface area (Å²) in [6.07, 6.45) is 3.66. The average Bonchev–Trinajstić information content (AvgIpc) is 3.57. The van der Waals surface area contributed by atoms with E-state index in [1.54, 1.807) is 18.5 Å². The molecule has 0 saturated carbocycles. The zero-order valence-electron chi connectivity index (χ0n) is 19.4. The number of aromatic nitrogens is 3. The molecule has 8 nitrogen and oxygen atoms in total. The maximum atomic E-state index is 12.6. The molecule has 1 fully saturated rings. The fourth-order valence-electron chi connectivity index (χ4n) is 4.58. The van der Waals surface area contributed by atoms with Crippen LogP contribution in [0.2, 0.25) is 5.02 Å². The number of rotatable bonds is 7. The molecule has 0 radical (unpaired) electrons. The number of carbonyl (C=O) groups excluding carboxylic acids is 1. The lowest BCUT2D eigenvalue weighted by Crippen LogP contribution is -2.35. The van der Waals surface area contributed by atoms with Crippen LogP contribution in [-0.2, 0) is 0 Å². The van der Waals surface area contributed by atoms with E-state index in [0.717, 1.165) is 47.6 Å². The fraction of sp³-hybridized carbons (Fsp3) is 0.269. The minimum atomic E-state index is -0.770. The van der Waals surface area contributed by atoms with Crippen molar-refractivity contribution in [3.05, 3.63) is 83.3 Å². The highest BCUT2D eigenvalue weighted by atomic mass is 35.5. The lowest BCUT2D eigenvalue weighted by atomic mass is 10.1. The van der Waals surface area contributed by atoms with E-state index in [-0.39, 0.29) is 18.5 Å². The van der Waals surface area contributed by atoms with Crippen LogP contribution in [0.4, 0.5) is 11.5 Å². The van der Waals surface area contributed by atoms with Gasteiger partial charge >= 0.3 is 0 Å². The van der Waals surface area contributed by atoms with E-state index in [1.165, 1.54) is 0 Å². The third kappa shape index (κ3) is 4.80. The summed E-state index contributed by atoms with van der Waals surface area (Å²) in [4.78, 5) is 29.0. The Labute approximate surface area is 208 Å². The van der Waals surface area contributed by atoms with Gasteiger partial charge in [0.15, 0.2) is 0 Å². The summed E-state index contributed by atoms with van der Waals surface area (Å²) in [7, 11) is 2.03. The van der Waals surface area contributed by atoms with Gasteiger partial charge in [0.25, 0.3) is 5.91 Å². The van der Waals surface area contributed by atoms with Crippen LogP contribution in [0.1, 0.15) is 28.4 Å². The van der Waals surface area contributed by atoms with Crippen LogP contribution in [-0.4, -0.2) is 58.7 Å². The van der Waals surface area contributed by atoms with Crippen molar-refractivity contribution in [2.75, 3.05) is 36.5 Å². The monoisotopic (exact) mass is 490 g/mol. The van der Waals surface area contributed by atoms with Crippen LogP contribution >= 0.6 is 11.6 Å².